The summed E-state index contributed by atoms with van der Waals surface area (Å²) in [6.45, 7) is -2.93. The molecule has 7 heteroatoms. The van der Waals surface area contributed by atoms with Crippen molar-refractivity contribution >= 4 is 27.5 Å². The number of fused-ring (bicyclic) bond motifs is 1. The van der Waals surface area contributed by atoms with Crippen LogP contribution in [0.1, 0.15) is 34.9 Å². The van der Waals surface area contributed by atoms with Gasteiger partial charge in [0.25, 0.3) is 5.91 Å². The quantitative estimate of drug-likeness (QED) is 0.791. The Bertz CT molecular complexity index is 826. The van der Waals surface area contributed by atoms with Crippen LogP contribution in [0.4, 0.5) is 14.5 Å². The molecule has 0 unspecified atom stereocenters. The number of hydrogen-bond donors (Lipinski definition) is 1. The van der Waals surface area contributed by atoms with Crippen molar-refractivity contribution in [3.8, 4) is 5.75 Å². The molecule has 0 bridgehead atoms. The molecule has 4 rings (SSSR count). The molecule has 1 amide bonds. The lowest BCUT2D eigenvalue weighted by Gasteiger charge is -2.39. The van der Waals surface area contributed by atoms with Crippen molar-refractivity contribution in [3.05, 3.63) is 58.1 Å². The molecule has 0 aromatic heterocycles. The highest BCUT2D eigenvalue weighted by Gasteiger charge is 2.43. The fourth-order valence-corrected chi connectivity index (χ4v) is 3.54. The Balaban J connectivity index is 1.81. The SMILES string of the molecule is O=C1c2ccccc2N[C@H](c2cc(Br)ccc2OC(F)F)N1C1CC1. The van der Waals surface area contributed by atoms with Gasteiger partial charge in [-0.1, -0.05) is 28.1 Å². The number of ether oxygens (including phenoxy) is 1. The van der Waals surface area contributed by atoms with Crippen LogP contribution < -0.4 is 10.1 Å². The van der Waals surface area contributed by atoms with Crippen LogP contribution in [0.5, 0.6) is 5.75 Å². The third kappa shape index (κ3) is 3.08. The van der Waals surface area contributed by atoms with E-state index in [4.69, 9.17) is 4.74 Å². The van der Waals surface area contributed by atoms with Crippen LogP contribution in [0.3, 0.4) is 0 Å². The predicted molar refractivity (Wildman–Crippen MR) is 92.8 cm³/mol. The number of rotatable bonds is 4. The van der Waals surface area contributed by atoms with E-state index < -0.39 is 12.8 Å². The molecule has 2 aromatic rings. The summed E-state index contributed by atoms with van der Waals surface area (Å²) in [7, 11) is 0. The molecule has 2 aromatic carbocycles. The summed E-state index contributed by atoms with van der Waals surface area (Å²) in [5, 5.41) is 3.32. The maximum Gasteiger partial charge on any atom is 0.387 e. The van der Waals surface area contributed by atoms with Gasteiger partial charge < -0.3 is 15.0 Å². The van der Waals surface area contributed by atoms with Crippen LogP contribution in [-0.2, 0) is 0 Å². The Hall–Kier alpha value is -2.15. The van der Waals surface area contributed by atoms with Crippen LogP contribution in [0.25, 0.3) is 0 Å². The predicted octanol–water partition coefficient (Wildman–Crippen LogP) is 4.78. The summed E-state index contributed by atoms with van der Waals surface area (Å²) in [5.74, 6) is -0.0293. The summed E-state index contributed by atoms with van der Waals surface area (Å²) < 4.78 is 31.1. The van der Waals surface area contributed by atoms with Gasteiger partial charge in [0.15, 0.2) is 0 Å². The van der Waals surface area contributed by atoms with Crippen molar-refractivity contribution in [3.63, 3.8) is 0 Å². The van der Waals surface area contributed by atoms with Crippen molar-refractivity contribution in [2.24, 2.45) is 0 Å². The van der Waals surface area contributed by atoms with Crippen molar-refractivity contribution in [2.45, 2.75) is 31.7 Å². The molecule has 130 valence electrons. The molecule has 1 saturated carbocycles. The molecule has 1 heterocycles. The number of alkyl halides is 2. The van der Waals surface area contributed by atoms with Crippen LogP contribution >= 0.6 is 15.9 Å². The zero-order valence-corrected chi connectivity index (χ0v) is 14.7. The number of carbonyl (C=O) groups excluding carboxylic acids is 1. The Morgan fingerprint density at radius 3 is 2.68 bits per heavy atom. The van der Waals surface area contributed by atoms with Crippen LogP contribution in [0.15, 0.2) is 46.9 Å². The van der Waals surface area contributed by atoms with Gasteiger partial charge >= 0.3 is 6.61 Å². The van der Waals surface area contributed by atoms with Gasteiger partial charge in [-0.05, 0) is 43.2 Å². The molecular formula is C18H15BrF2N2O2. The normalized spacial score (nSPS) is 19.6. The van der Waals surface area contributed by atoms with Crippen LogP contribution in [-0.4, -0.2) is 23.5 Å². The zero-order chi connectivity index (χ0) is 17.6. The number of benzene rings is 2. The fourth-order valence-electron chi connectivity index (χ4n) is 3.16. The molecule has 4 nitrogen and oxygen atoms in total. The first kappa shape index (κ1) is 16.3. The average Bonchev–Trinajstić information content (AvgIpc) is 3.41. The van der Waals surface area contributed by atoms with E-state index >= 15 is 0 Å². The molecule has 2 aliphatic rings. The van der Waals surface area contributed by atoms with E-state index in [2.05, 4.69) is 21.2 Å². The zero-order valence-electron chi connectivity index (χ0n) is 13.1. The standard InChI is InChI=1S/C18H15BrF2N2O2/c19-10-5-8-15(25-18(20)21)13(9-10)16-22-14-4-2-1-3-12(14)17(24)23(16)11-6-7-11/h1-5,8-9,11,16,18,22H,6-7H2/t16-/m0/s1. The molecule has 1 N–H and O–H groups in total. The first-order chi connectivity index (χ1) is 12.0. The van der Waals surface area contributed by atoms with E-state index in [0.29, 0.717) is 16.8 Å². The summed E-state index contributed by atoms with van der Waals surface area (Å²) in [5.41, 5.74) is 1.79. The highest BCUT2D eigenvalue weighted by atomic mass is 79.9. The highest BCUT2D eigenvalue weighted by Crippen LogP contribution is 2.43. The van der Waals surface area contributed by atoms with Crippen molar-refractivity contribution in [1.82, 2.24) is 4.90 Å². The first-order valence-electron chi connectivity index (χ1n) is 7.97. The maximum absolute atomic E-state index is 13.0. The van der Waals surface area contributed by atoms with Gasteiger partial charge in [0, 0.05) is 21.8 Å². The van der Waals surface area contributed by atoms with Crippen molar-refractivity contribution in [2.75, 3.05) is 5.32 Å². The highest BCUT2D eigenvalue weighted by molar-refractivity contribution is 9.10. The van der Waals surface area contributed by atoms with Gasteiger partial charge in [0.05, 0.1) is 5.56 Å². The van der Waals surface area contributed by atoms with Gasteiger partial charge in [-0.3, -0.25) is 4.79 Å². The summed E-state index contributed by atoms with van der Waals surface area (Å²) in [4.78, 5) is 14.7. The van der Waals surface area contributed by atoms with E-state index in [-0.39, 0.29) is 17.7 Å². The minimum Gasteiger partial charge on any atom is -0.434 e. The molecule has 1 aliphatic heterocycles. The van der Waals surface area contributed by atoms with Gasteiger partial charge in [-0.25, -0.2) is 0 Å². The third-order valence-electron chi connectivity index (χ3n) is 4.39. The Kier molecular flexibility index (Phi) is 4.11. The van der Waals surface area contributed by atoms with Crippen LogP contribution in [0.2, 0.25) is 0 Å². The first-order valence-corrected chi connectivity index (χ1v) is 8.76. The minimum absolute atomic E-state index is 0.0635. The summed E-state index contributed by atoms with van der Waals surface area (Å²) >= 11 is 3.37. The lowest BCUT2D eigenvalue weighted by molar-refractivity contribution is -0.0509. The Morgan fingerprint density at radius 1 is 1.20 bits per heavy atom. The van der Waals surface area contributed by atoms with Crippen molar-refractivity contribution in [1.29, 1.82) is 0 Å². The second-order valence-electron chi connectivity index (χ2n) is 6.10. The molecule has 1 atom stereocenters. The van der Waals surface area contributed by atoms with E-state index in [1.165, 1.54) is 6.07 Å². The summed E-state index contributed by atoms with van der Waals surface area (Å²) in [6.07, 6.45) is 1.26. The Labute approximate surface area is 151 Å². The number of para-hydroxylation sites is 1. The molecular weight excluding hydrogens is 394 g/mol. The molecule has 0 spiro atoms. The number of hydrogen-bond acceptors (Lipinski definition) is 3. The second kappa shape index (κ2) is 6.29. The number of nitrogens with one attached hydrogen (secondary N) is 1. The topological polar surface area (TPSA) is 41.6 Å². The average molecular weight is 409 g/mol. The number of anilines is 1. The van der Waals surface area contributed by atoms with Gasteiger partial charge in [0.2, 0.25) is 0 Å². The number of amides is 1. The third-order valence-corrected chi connectivity index (χ3v) is 4.88. The minimum atomic E-state index is -2.93. The fraction of sp³-hybridized carbons (Fsp3) is 0.278. The van der Waals surface area contributed by atoms with Gasteiger partial charge in [-0.2, -0.15) is 8.78 Å². The lowest BCUT2D eigenvalue weighted by atomic mass is 10.0. The molecule has 0 saturated heterocycles. The molecule has 1 fully saturated rings. The molecule has 1 aliphatic carbocycles. The number of halogens is 3. The second-order valence-corrected chi connectivity index (χ2v) is 7.01. The van der Waals surface area contributed by atoms with E-state index in [9.17, 15) is 13.6 Å². The summed E-state index contributed by atoms with van der Waals surface area (Å²) in [6, 6.07) is 12.2. The molecule has 0 radical (unpaired) electrons. The lowest BCUT2D eigenvalue weighted by Crippen LogP contribution is -2.44. The maximum atomic E-state index is 13.0. The monoisotopic (exact) mass is 408 g/mol. The van der Waals surface area contributed by atoms with Crippen molar-refractivity contribution < 1.29 is 18.3 Å². The Morgan fingerprint density at radius 2 is 1.96 bits per heavy atom. The smallest absolute Gasteiger partial charge is 0.387 e. The number of carbonyl (C=O) groups is 1. The van der Waals surface area contributed by atoms with Gasteiger partial charge in [-0.15, -0.1) is 0 Å². The van der Waals surface area contributed by atoms with E-state index in [1.54, 1.807) is 23.1 Å². The van der Waals surface area contributed by atoms with Crippen LogP contribution in [0, 0.1) is 0 Å². The molecule has 25 heavy (non-hydrogen) atoms. The van der Waals surface area contributed by atoms with Gasteiger partial charge in [0.1, 0.15) is 11.9 Å². The number of nitrogens with zero attached hydrogens (tertiary/aromatic N) is 1. The van der Waals surface area contributed by atoms with E-state index in [0.717, 1.165) is 17.3 Å². The largest absolute Gasteiger partial charge is 0.434 e. The van der Waals surface area contributed by atoms with E-state index in [1.807, 2.05) is 18.2 Å².